The van der Waals surface area contributed by atoms with Gasteiger partial charge in [0.25, 0.3) is 0 Å². The van der Waals surface area contributed by atoms with Crippen molar-refractivity contribution in [2.75, 3.05) is 13.1 Å². The Balaban J connectivity index is 2.47. The van der Waals surface area contributed by atoms with Crippen LogP contribution in [0.4, 0.5) is 4.39 Å². The van der Waals surface area contributed by atoms with Crippen LogP contribution in [0, 0.1) is 23.1 Å². The zero-order chi connectivity index (χ0) is 21.9. The maximum absolute atomic E-state index is 14.0. The van der Waals surface area contributed by atoms with Gasteiger partial charge >= 0.3 is 5.97 Å². The van der Waals surface area contributed by atoms with E-state index in [-0.39, 0.29) is 35.1 Å². The van der Waals surface area contributed by atoms with Crippen molar-refractivity contribution in [1.82, 2.24) is 4.90 Å². The van der Waals surface area contributed by atoms with Gasteiger partial charge in [-0.05, 0) is 42.1 Å². The smallest absolute Gasteiger partial charge is 0.321 e. The number of carbonyl (C=O) groups is 1. The van der Waals surface area contributed by atoms with Crippen LogP contribution in [0.3, 0.4) is 0 Å². The Hall–Kier alpha value is -1.24. The minimum atomic E-state index is -0.948. The first-order valence-corrected chi connectivity index (χ1v) is 13.1. The first-order valence-electron chi connectivity index (χ1n) is 10.6. The minimum absolute atomic E-state index is 0.0176. The van der Waals surface area contributed by atoms with Crippen LogP contribution in [0.2, 0.25) is 13.1 Å². The van der Waals surface area contributed by atoms with Gasteiger partial charge in [-0.15, -0.1) is 0 Å². The quantitative estimate of drug-likeness (QED) is 0.598. The number of carboxylic acid groups (broad SMARTS) is 1. The summed E-state index contributed by atoms with van der Waals surface area (Å²) in [5, 5.41) is 9.94. The number of aliphatic carboxylic acids is 1. The fraction of sp³-hybridized carbons (Fsp3) is 0.696. The van der Waals surface area contributed by atoms with E-state index in [9.17, 15) is 14.3 Å². The number of halogens is 1. The van der Waals surface area contributed by atoms with Crippen molar-refractivity contribution in [3.63, 3.8) is 0 Å². The molecule has 1 aromatic carbocycles. The zero-order valence-electron chi connectivity index (χ0n) is 18.9. The monoisotopic (exact) mass is 422 g/mol. The molecule has 0 aliphatic carbocycles. The first kappa shape index (κ1) is 24.0. The molecule has 1 saturated heterocycles. The zero-order valence-corrected chi connectivity index (χ0v) is 19.9. The lowest BCUT2D eigenvalue weighted by Gasteiger charge is -2.39. The molecule has 6 heteroatoms. The average molecular weight is 423 g/mol. The van der Waals surface area contributed by atoms with Gasteiger partial charge in [-0.25, -0.2) is 4.39 Å². The van der Waals surface area contributed by atoms with E-state index in [2.05, 4.69) is 38.8 Å². The number of likely N-dealkylation sites (tertiary alicyclic amines) is 1. The maximum Gasteiger partial charge on any atom is 0.321 e. The highest BCUT2D eigenvalue weighted by Gasteiger charge is 2.47. The normalized spacial score (nSPS) is 23.9. The van der Waals surface area contributed by atoms with E-state index in [1.807, 2.05) is 19.9 Å². The molecule has 1 aliphatic rings. The second-order valence-electron chi connectivity index (χ2n) is 9.76. The van der Waals surface area contributed by atoms with Crippen LogP contribution in [0.5, 0.6) is 0 Å². The van der Waals surface area contributed by atoms with E-state index in [4.69, 9.17) is 4.43 Å². The lowest BCUT2D eigenvalue weighted by Crippen LogP contribution is -2.46. The summed E-state index contributed by atoms with van der Waals surface area (Å²) in [6.45, 7) is 16.1. The van der Waals surface area contributed by atoms with E-state index >= 15 is 0 Å². The highest BCUT2D eigenvalue weighted by molar-refractivity contribution is 6.48. The Morgan fingerprint density at radius 1 is 1.34 bits per heavy atom. The number of benzene rings is 1. The molecule has 163 valence electrons. The summed E-state index contributed by atoms with van der Waals surface area (Å²) in [5.41, 5.74) is 0.841. The summed E-state index contributed by atoms with van der Waals surface area (Å²) in [7, 11) is -0.948. The van der Waals surface area contributed by atoms with Crippen molar-refractivity contribution < 1.29 is 18.7 Å². The molecule has 1 radical (unpaired) electrons. The highest BCUT2D eigenvalue weighted by atomic mass is 28.3. The van der Waals surface area contributed by atoms with Crippen LogP contribution in [-0.2, 0) is 9.22 Å². The minimum Gasteiger partial charge on any atom is -0.480 e. The number of rotatable bonds is 8. The lowest BCUT2D eigenvalue weighted by molar-refractivity contribution is -0.145. The van der Waals surface area contributed by atoms with E-state index < -0.39 is 21.1 Å². The van der Waals surface area contributed by atoms with Crippen LogP contribution in [0.25, 0.3) is 0 Å². The fourth-order valence-corrected chi connectivity index (χ4v) is 5.66. The first-order chi connectivity index (χ1) is 13.5. The summed E-state index contributed by atoms with van der Waals surface area (Å²) >= 11 is 0. The van der Waals surface area contributed by atoms with Gasteiger partial charge < -0.3 is 9.53 Å². The summed E-state index contributed by atoms with van der Waals surface area (Å²) < 4.78 is 20.5. The van der Waals surface area contributed by atoms with Crippen molar-refractivity contribution in [2.24, 2.45) is 17.3 Å². The van der Waals surface area contributed by atoms with Gasteiger partial charge in [0.1, 0.15) is 11.9 Å². The molecule has 5 atom stereocenters. The van der Waals surface area contributed by atoms with Gasteiger partial charge in [-0.1, -0.05) is 53.2 Å². The number of hydrogen-bond acceptors (Lipinski definition) is 3. The van der Waals surface area contributed by atoms with Gasteiger partial charge in [0.05, 0.1) is 6.10 Å². The molecule has 1 fully saturated rings. The average Bonchev–Trinajstić information content (AvgIpc) is 3.02. The number of carboxylic acids is 1. The molecule has 1 aliphatic heterocycles. The Labute approximate surface area is 177 Å². The van der Waals surface area contributed by atoms with Gasteiger partial charge in [0.15, 0.2) is 0 Å². The molecule has 1 unspecified atom stereocenters. The second-order valence-corrected chi connectivity index (χ2v) is 11.8. The highest BCUT2D eigenvalue weighted by Crippen LogP contribution is 2.43. The Kier molecular flexibility index (Phi) is 8.05. The summed E-state index contributed by atoms with van der Waals surface area (Å²) in [6.07, 6.45) is 0.787. The van der Waals surface area contributed by atoms with Gasteiger partial charge in [-0.3, -0.25) is 9.69 Å². The Bertz CT molecular complexity index is 691. The van der Waals surface area contributed by atoms with E-state index in [0.717, 1.165) is 12.0 Å². The lowest BCUT2D eigenvalue weighted by atomic mass is 9.75. The second kappa shape index (κ2) is 9.71. The van der Waals surface area contributed by atoms with E-state index in [0.29, 0.717) is 13.1 Å². The maximum atomic E-state index is 14.0. The summed E-state index contributed by atoms with van der Waals surface area (Å²) in [5.74, 6) is -0.822. The van der Waals surface area contributed by atoms with Crippen molar-refractivity contribution in [3.8, 4) is 0 Å². The van der Waals surface area contributed by atoms with Gasteiger partial charge in [0, 0.05) is 24.9 Å². The summed E-state index contributed by atoms with van der Waals surface area (Å²) in [6, 6.07) is 6.24. The molecule has 1 aromatic rings. The van der Waals surface area contributed by atoms with Gasteiger partial charge in [0.2, 0.25) is 9.04 Å². The van der Waals surface area contributed by atoms with Gasteiger partial charge in [-0.2, -0.15) is 0 Å². The largest absolute Gasteiger partial charge is 0.480 e. The molecule has 0 saturated carbocycles. The molecule has 29 heavy (non-hydrogen) atoms. The third-order valence-corrected chi connectivity index (χ3v) is 6.83. The third kappa shape index (κ3) is 5.89. The van der Waals surface area contributed by atoms with Crippen LogP contribution in [0.1, 0.15) is 52.5 Å². The third-order valence-electron chi connectivity index (χ3n) is 6.10. The molecule has 4 nitrogen and oxygen atoms in total. The molecule has 2 rings (SSSR count). The van der Waals surface area contributed by atoms with Crippen molar-refractivity contribution >= 4 is 15.0 Å². The molecule has 1 N–H and O–H groups in total. The molecule has 0 aromatic heterocycles. The molecule has 0 spiro atoms. The van der Waals surface area contributed by atoms with Crippen LogP contribution < -0.4 is 0 Å². The predicted octanol–water partition coefficient (Wildman–Crippen LogP) is 5.02. The molecule has 0 bridgehead atoms. The summed E-state index contributed by atoms with van der Waals surface area (Å²) in [4.78, 5) is 14.2. The number of nitrogens with zero attached hydrogens (tertiary/aromatic N) is 1. The molecular formula is C23H37FNO3Si. The standard InChI is InChI=1S/C23H37FNO3Si/c1-8-15(2)20(22(26)27)25-13-18(16-10-9-11-17(24)12-16)19(14-25)21(23(3,4)5)28-29(6)7/h9-12,15,18-21H,8,13-14H2,1-7H3,(H,26,27)/t15-,18+,19-,20+,21?/m0/s1. The Morgan fingerprint density at radius 2 is 2.00 bits per heavy atom. The predicted molar refractivity (Wildman–Crippen MR) is 117 cm³/mol. The van der Waals surface area contributed by atoms with Crippen molar-refractivity contribution in [3.05, 3.63) is 35.6 Å². The van der Waals surface area contributed by atoms with E-state index in [1.54, 1.807) is 12.1 Å². The molecule has 1 heterocycles. The molecular weight excluding hydrogens is 385 g/mol. The fourth-order valence-electron chi connectivity index (χ4n) is 4.63. The van der Waals surface area contributed by atoms with Crippen LogP contribution >= 0.6 is 0 Å². The van der Waals surface area contributed by atoms with Crippen molar-refractivity contribution in [1.29, 1.82) is 0 Å². The van der Waals surface area contributed by atoms with E-state index in [1.165, 1.54) is 6.07 Å². The van der Waals surface area contributed by atoms with Crippen molar-refractivity contribution in [2.45, 2.75) is 72.2 Å². The Morgan fingerprint density at radius 3 is 2.48 bits per heavy atom. The number of hydrogen-bond donors (Lipinski definition) is 1. The molecule has 0 amide bonds. The van der Waals surface area contributed by atoms with Crippen LogP contribution in [-0.4, -0.2) is 50.3 Å². The van der Waals surface area contributed by atoms with Crippen LogP contribution in [0.15, 0.2) is 24.3 Å². The SMILES string of the molecule is CC[C@H](C)[C@H](C(=O)O)N1C[C@H](c2cccc(F)c2)[C@@H](C(O[Si](C)C)C(C)(C)C)C1. The topological polar surface area (TPSA) is 49.8 Å².